The molecule has 0 radical (unpaired) electrons. The van der Waals surface area contributed by atoms with E-state index in [1.165, 1.54) is 0 Å². The fourth-order valence-electron chi connectivity index (χ4n) is 2.38. The predicted octanol–water partition coefficient (Wildman–Crippen LogP) is 2.34. The van der Waals surface area contributed by atoms with Crippen molar-refractivity contribution in [3.05, 3.63) is 0 Å². The Labute approximate surface area is 104 Å². The molecule has 0 amide bonds. The molecule has 0 aromatic carbocycles. The number of Topliss-reactive ketones (excluding diaryl/α,β-unsaturated/α-hetero) is 2. The summed E-state index contributed by atoms with van der Waals surface area (Å²) in [5.74, 6) is 0.701. The molecule has 0 unspecified atom stereocenters. The largest absolute Gasteiger partial charge is 0.307 e. The quantitative estimate of drug-likeness (QED) is 0.804. The molecule has 0 saturated carbocycles. The summed E-state index contributed by atoms with van der Waals surface area (Å²) in [7, 11) is 0. The highest BCUT2D eigenvalue weighted by Gasteiger charge is 2.27. The molecule has 1 fully saturated rings. The minimum absolute atomic E-state index is 0.0784. The van der Waals surface area contributed by atoms with Gasteiger partial charge in [0.2, 0.25) is 0 Å². The van der Waals surface area contributed by atoms with Gasteiger partial charge in [-0.25, -0.2) is 0 Å². The smallest absolute Gasteiger partial charge is 0.150 e. The Balaban J connectivity index is 2.71. The first-order valence-electron chi connectivity index (χ1n) is 6.82. The van der Waals surface area contributed by atoms with Gasteiger partial charge in [-0.1, -0.05) is 20.3 Å². The van der Waals surface area contributed by atoms with Gasteiger partial charge in [0, 0.05) is 24.8 Å². The summed E-state index contributed by atoms with van der Waals surface area (Å²) >= 11 is 0. The van der Waals surface area contributed by atoms with Gasteiger partial charge in [0.25, 0.3) is 0 Å². The summed E-state index contributed by atoms with van der Waals surface area (Å²) < 4.78 is 0. The normalized spacial score (nSPS) is 30.1. The molecule has 3 nitrogen and oxygen atoms in total. The summed E-state index contributed by atoms with van der Waals surface area (Å²) in [6.07, 6.45) is 3.96. The first kappa shape index (κ1) is 14.4. The van der Waals surface area contributed by atoms with Crippen molar-refractivity contribution in [2.24, 2.45) is 11.8 Å². The molecule has 1 N–H and O–H groups in total. The summed E-state index contributed by atoms with van der Waals surface area (Å²) in [5.41, 5.74) is 0. The number of carbonyl (C=O) groups excluding carboxylic acids is 2. The minimum Gasteiger partial charge on any atom is -0.307 e. The van der Waals surface area contributed by atoms with E-state index in [2.05, 4.69) is 26.1 Å². The summed E-state index contributed by atoms with van der Waals surface area (Å²) in [6.45, 7) is 6.66. The SMILES string of the molecule is CC[C@H](C)[C@@H]1CC(=O)CCC[C@@H](C)NCC1=O. The zero-order valence-corrected chi connectivity index (χ0v) is 11.3. The number of carbonyl (C=O) groups is 2. The number of ketones is 2. The van der Waals surface area contributed by atoms with E-state index in [0.29, 0.717) is 31.3 Å². The highest BCUT2D eigenvalue weighted by atomic mass is 16.1. The lowest BCUT2D eigenvalue weighted by molar-refractivity contribution is -0.129. The number of rotatable bonds is 2. The van der Waals surface area contributed by atoms with Gasteiger partial charge >= 0.3 is 0 Å². The van der Waals surface area contributed by atoms with Crippen LogP contribution in [0.25, 0.3) is 0 Å². The second-order valence-corrected chi connectivity index (χ2v) is 5.38. The molecule has 3 heteroatoms. The van der Waals surface area contributed by atoms with Crippen LogP contribution in [0, 0.1) is 11.8 Å². The van der Waals surface area contributed by atoms with Crippen molar-refractivity contribution in [1.82, 2.24) is 5.32 Å². The van der Waals surface area contributed by atoms with E-state index in [0.717, 1.165) is 19.3 Å². The van der Waals surface area contributed by atoms with E-state index in [-0.39, 0.29) is 17.5 Å². The first-order valence-corrected chi connectivity index (χ1v) is 6.82. The molecule has 17 heavy (non-hydrogen) atoms. The third kappa shape index (κ3) is 4.58. The second kappa shape index (κ2) is 6.90. The lowest BCUT2D eigenvalue weighted by atomic mass is 9.83. The maximum absolute atomic E-state index is 12.1. The van der Waals surface area contributed by atoms with E-state index in [1.54, 1.807) is 0 Å². The van der Waals surface area contributed by atoms with Gasteiger partial charge < -0.3 is 5.32 Å². The average molecular weight is 239 g/mol. The standard InChI is InChI=1S/C14H25NO2/c1-4-10(2)13-8-12(16)7-5-6-11(3)15-9-14(13)17/h10-11,13,15H,4-9H2,1-3H3/t10-,11+,13-/m0/s1. The molecule has 0 aliphatic carbocycles. The van der Waals surface area contributed by atoms with Crippen LogP contribution in [0.1, 0.15) is 52.9 Å². The van der Waals surface area contributed by atoms with E-state index in [9.17, 15) is 9.59 Å². The highest BCUT2D eigenvalue weighted by Crippen LogP contribution is 2.22. The Hall–Kier alpha value is -0.700. The first-order chi connectivity index (χ1) is 8.04. The molecule has 1 rings (SSSR count). The topological polar surface area (TPSA) is 46.2 Å². The van der Waals surface area contributed by atoms with Crippen molar-refractivity contribution < 1.29 is 9.59 Å². The third-order valence-electron chi connectivity index (χ3n) is 3.91. The summed E-state index contributed by atoms with van der Waals surface area (Å²) in [6, 6.07) is 0.336. The fourth-order valence-corrected chi connectivity index (χ4v) is 2.38. The molecular formula is C14H25NO2. The lowest BCUT2D eigenvalue weighted by Gasteiger charge is -2.24. The van der Waals surface area contributed by atoms with Gasteiger partial charge in [-0.2, -0.15) is 0 Å². The van der Waals surface area contributed by atoms with Gasteiger partial charge in [0.15, 0.2) is 0 Å². The van der Waals surface area contributed by atoms with Crippen molar-refractivity contribution in [3.63, 3.8) is 0 Å². The monoisotopic (exact) mass is 239 g/mol. The molecule has 3 atom stereocenters. The van der Waals surface area contributed by atoms with Gasteiger partial charge in [-0.05, 0) is 25.7 Å². The molecule has 98 valence electrons. The van der Waals surface area contributed by atoms with Crippen molar-refractivity contribution >= 4 is 11.6 Å². The van der Waals surface area contributed by atoms with E-state index in [4.69, 9.17) is 0 Å². The molecule has 0 aromatic heterocycles. The average Bonchev–Trinajstić information content (AvgIpc) is 2.31. The predicted molar refractivity (Wildman–Crippen MR) is 68.9 cm³/mol. The van der Waals surface area contributed by atoms with Crippen molar-refractivity contribution in [3.8, 4) is 0 Å². The Morgan fingerprint density at radius 2 is 2.12 bits per heavy atom. The Morgan fingerprint density at radius 1 is 1.41 bits per heavy atom. The zero-order chi connectivity index (χ0) is 12.8. The molecule has 1 heterocycles. The van der Waals surface area contributed by atoms with Crippen molar-refractivity contribution in [2.45, 2.75) is 58.9 Å². The minimum atomic E-state index is -0.0784. The highest BCUT2D eigenvalue weighted by molar-refractivity contribution is 5.89. The second-order valence-electron chi connectivity index (χ2n) is 5.38. The van der Waals surface area contributed by atoms with E-state index >= 15 is 0 Å². The number of hydrogen-bond acceptors (Lipinski definition) is 3. The van der Waals surface area contributed by atoms with Crippen LogP contribution in [0.5, 0.6) is 0 Å². The van der Waals surface area contributed by atoms with Crippen LogP contribution in [0.15, 0.2) is 0 Å². The van der Waals surface area contributed by atoms with Crippen molar-refractivity contribution in [1.29, 1.82) is 0 Å². The van der Waals surface area contributed by atoms with Crippen LogP contribution < -0.4 is 5.32 Å². The molecule has 0 bridgehead atoms. The third-order valence-corrected chi connectivity index (χ3v) is 3.91. The van der Waals surface area contributed by atoms with Gasteiger partial charge in [-0.3, -0.25) is 9.59 Å². The number of nitrogens with one attached hydrogen (secondary N) is 1. The van der Waals surface area contributed by atoms with Crippen LogP contribution in [-0.4, -0.2) is 24.2 Å². The maximum atomic E-state index is 12.1. The summed E-state index contributed by atoms with van der Waals surface area (Å²) in [4.78, 5) is 23.9. The maximum Gasteiger partial charge on any atom is 0.150 e. The van der Waals surface area contributed by atoms with E-state index < -0.39 is 0 Å². The molecular weight excluding hydrogens is 214 g/mol. The molecule has 1 aliphatic heterocycles. The summed E-state index contributed by atoms with van der Waals surface area (Å²) in [5, 5.41) is 3.26. The van der Waals surface area contributed by atoms with Gasteiger partial charge in [0.05, 0.1) is 6.54 Å². The Bertz CT molecular complexity index is 275. The Morgan fingerprint density at radius 3 is 2.76 bits per heavy atom. The van der Waals surface area contributed by atoms with Crippen LogP contribution in [0.2, 0.25) is 0 Å². The van der Waals surface area contributed by atoms with Gasteiger partial charge in [-0.15, -0.1) is 0 Å². The van der Waals surface area contributed by atoms with Gasteiger partial charge in [0.1, 0.15) is 11.6 Å². The molecule has 0 aromatic rings. The lowest BCUT2D eigenvalue weighted by Crippen LogP contribution is -2.38. The van der Waals surface area contributed by atoms with Crippen LogP contribution in [0.3, 0.4) is 0 Å². The fraction of sp³-hybridized carbons (Fsp3) is 0.857. The van der Waals surface area contributed by atoms with E-state index in [1.807, 2.05) is 0 Å². The number of hydrogen-bond donors (Lipinski definition) is 1. The van der Waals surface area contributed by atoms with Crippen LogP contribution in [0.4, 0.5) is 0 Å². The molecule has 0 spiro atoms. The zero-order valence-electron chi connectivity index (χ0n) is 11.3. The van der Waals surface area contributed by atoms with Crippen LogP contribution >= 0.6 is 0 Å². The molecule has 1 saturated heterocycles. The van der Waals surface area contributed by atoms with Crippen molar-refractivity contribution in [2.75, 3.05) is 6.54 Å². The Kier molecular flexibility index (Phi) is 5.83. The van der Waals surface area contributed by atoms with Crippen LogP contribution in [-0.2, 0) is 9.59 Å². The molecule has 1 aliphatic rings.